The van der Waals surface area contributed by atoms with Crippen molar-refractivity contribution in [1.29, 1.82) is 0 Å². The molecule has 8 heteroatoms. The van der Waals surface area contributed by atoms with Crippen molar-refractivity contribution in [3.05, 3.63) is 30.7 Å². The number of carbonyl (C=O) groups excluding carboxylic acids is 1. The van der Waals surface area contributed by atoms with Gasteiger partial charge in [0.15, 0.2) is 0 Å². The Hall–Kier alpha value is -2.87. The molecule has 0 spiro atoms. The molecule has 3 aromatic rings. The van der Waals surface area contributed by atoms with Gasteiger partial charge in [0.05, 0.1) is 17.9 Å². The highest BCUT2D eigenvalue weighted by atomic mass is 16.1. The Kier molecular flexibility index (Phi) is 5.04. The number of hydrogen-bond donors (Lipinski definition) is 1. The van der Waals surface area contributed by atoms with Crippen LogP contribution in [0.15, 0.2) is 30.7 Å². The first-order chi connectivity index (χ1) is 13.5. The van der Waals surface area contributed by atoms with Gasteiger partial charge >= 0.3 is 0 Å². The minimum atomic E-state index is 0.0535. The van der Waals surface area contributed by atoms with Gasteiger partial charge in [-0.3, -0.25) is 14.5 Å². The van der Waals surface area contributed by atoms with Crippen LogP contribution >= 0.6 is 0 Å². The Morgan fingerprint density at radius 2 is 1.93 bits per heavy atom. The number of anilines is 1. The number of nitrogens with zero attached hydrogens (tertiary/aromatic N) is 6. The third-order valence-electron chi connectivity index (χ3n) is 5.52. The third-order valence-corrected chi connectivity index (χ3v) is 5.52. The highest BCUT2D eigenvalue weighted by Crippen LogP contribution is 2.28. The van der Waals surface area contributed by atoms with Crippen molar-refractivity contribution in [2.45, 2.75) is 31.7 Å². The second kappa shape index (κ2) is 7.63. The molecular weight excluding hydrogens is 354 g/mol. The van der Waals surface area contributed by atoms with Gasteiger partial charge in [0, 0.05) is 36.2 Å². The molecule has 0 bridgehead atoms. The first-order valence-corrected chi connectivity index (χ1v) is 9.59. The van der Waals surface area contributed by atoms with Crippen LogP contribution in [0.3, 0.4) is 0 Å². The molecule has 0 aromatic carbocycles. The monoisotopic (exact) mass is 379 g/mol. The number of nitrogens with one attached hydrogen (secondary N) is 1. The summed E-state index contributed by atoms with van der Waals surface area (Å²) in [6.45, 7) is 0. The smallest absolute Gasteiger partial charge is 0.228 e. The van der Waals surface area contributed by atoms with E-state index in [4.69, 9.17) is 0 Å². The van der Waals surface area contributed by atoms with Crippen LogP contribution in [0.2, 0.25) is 0 Å². The fraction of sp³-hybridized carbons (Fsp3) is 0.450. The summed E-state index contributed by atoms with van der Waals surface area (Å²) in [4.78, 5) is 23.7. The summed E-state index contributed by atoms with van der Waals surface area (Å²) in [7, 11) is 6.04. The van der Waals surface area contributed by atoms with E-state index in [1.807, 2.05) is 25.4 Å². The summed E-state index contributed by atoms with van der Waals surface area (Å²) >= 11 is 0. The predicted molar refractivity (Wildman–Crippen MR) is 108 cm³/mol. The molecule has 1 aliphatic rings. The van der Waals surface area contributed by atoms with E-state index in [1.54, 1.807) is 17.1 Å². The molecule has 1 N–H and O–H groups in total. The Bertz CT molecular complexity index is 989. The van der Waals surface area contributed by atoms with Gasteiger partial charge in [0.1, 0.15) is 11.5 Å². The Morgan fingerprint density at radius 3 is 2.61 bits per heavy atom. The average Bonchev–Trinajstić information content (AvgIpc) is 3.14. The standard InChI is InChI=1S/C20H25N7O/c1-26(2)16-6-4-13(5-7-16)20(28)23-19-9-14-8-15(10-21-17(14)11-22-19)18-12-27(3)25-24-18/h8-13,16H,4-7H2,1-3H3,(H,22,23,28)/t13-,16-. The molecule has 146 valence electrons. The largest absolute Gasteiger partial charge is 0.310 e. The number of carbonyl (C=O) groups is 1. The van der Waals surface area contributed by atoms with Crippen molar-refractivity contribution >= 4 is 22.6 Å². The first kappa shape index (κ1) is 18.5. The van der Waals surface area contributed by atoms with Crippen LogP contribution in [0.1, 0.15) is 25.7 Å². The fourth-order valence-corrected chi connectivity index (χ4v) is 3.80. The zero-order valence-electron chi connectivity index (χ0n) is 16.5. The van der Waals surface area contributed by atoms with Crippen molar-refractivity contribution in [2.24, 2.45) is 13.0 Å². The molecule has 1 saturated carbocycles. The van der Waals surface area contributed by atoms with Crippen LogP contribution in [0.4, 0.5) is 5.82 Å². The molecule has 0 aliphatic heterocycles. The lowest BCUT2D eigenvalue weighted by Crippen LogP contribution is -2.35. The van der Waals surface area contributed by atoms with Crippen LogP contribution in [0, 0.1) is 5.92 Å². The van der Waals surface area contributed by atoms with Gasteiger partial charge in [-0.2, -0.15) is 0 Å². The average molecular weight is 379 g/mol. The van der Waals surface area contributed by atoms with Crippen molar-refractivity contribution in [2.75, 3.05) is 19.4 Å². The Morgan fingerprint density at radius 1 is 1.14 bits per heavy atom. The lowest BCUT2D eigenvalue weighted by Gasteiger charge is -2.31. The summed E-state index contributed by atoms with van der Waals surface area (Å²) in [5, 5.41) is 12.0. The molecule has 8 nitrogen and oxygen atoms in total. The number of hydrogen-bond acceptors (Lipinski definition) is 6. The van der Waals surface area contributed by atoms with E-state index < -0.39 is 0 Å². The number of fused-ring (bicyclic) bond motifs is 1. The highest BCUT2D eigenvalue weighted by Gasteiger charge is 2.27. The van der Waals surface area contributed by atoms with Crippen LogP contribution in [-0.4, -0.2) is 55.9 Å². The number of aromatic nitrogens is 5. The summed E-state index contributed by atoms with van der Waals surface area (Å²) in [6, 6.07) is 4.44. The number of rotatable bonds is 4. The van der Waals surface area contributed by atoms with Gasteiger partial charge in [0.2, 0.25) is 5.91 Å². The van der Waals surface area contributed by atoms with E-state index >= 15 is 0 Å². The molecule has 0 radical (unpaired) electrons. The zero-order chi connectivity index (χ0) is 19.7. The minimum Gasteiger partial charge on any atom is -0.310 e. The van der Waals surface area contributed by atoms with E-state index in [2.05, 4.69) is 44.6 Å². The summed E-state index contributed by atoms with van der Waals surface area (Å²) in [6.07, 6.45) is 9.24. The fourth-order valence-electron chi connectivity index (χ4n) is 3.80. The first-order valence-electron chi connectivity index (χ1n) is 9.59. The van der Waals surface area contributed by atoms with Crippen LogP contribution < -0.4 is 5.32 Å². The molecule has 0 atom stereocenters. The number of aryl methyl sites for hydroxylation is 1. The normalized spacial score (nSPS) is 19.9. The van der Waals surface area contributed by atoms with Gasteiger partial charge in [0.25, 0.3) is 0 Å². The van der Waals surface area contributed by atoms with Gasteiger partial charge in [-0.05, 0) is 51.9 Å². The molecule has 1 aliphatic carbocycles. The van der Waals surface area contributed by atoms with Crippen LogP contribution in [0.25, 0.3) is 22.2 Å². The maximum absolute atomic E-state index is 12.7. The van der Waals surface area contributed by atoms with E-state index in [-0.39, 0.29) is 11.8 Å². The highest BCUT2D eigenvalue weighted by molar-refractivity contribution is 5.94. The maximum Gasteiger partial charge on any atom is 0.228 e. The second-order valence-corrected chi connectivity index (χ2v) is 7.72. The minimum absolute atomic E-state index is 0.0535. The molecule has 1 fully saturated rings. The van der Waals surface area contributed by atoms with Gasteiger partial charge in [-0.1, -0.05) is 5.21 Å². The second-order valence-electron chi connectivity index (χ2n) is 7.72. The Labute approximate surface area is 164 Å². The molecule has 0 saturated heterocycles. The van der Waals surface area contributed by atoms with E-state index in [9.17, 15) is 4.79 Å². The van der Waals surface area contributed by atoms with Crippen LogP contribution in [-0.2, 0) is 11.8 Å². The number of pyridine rings is 2. The summed E-state index contributed by atoms with van der Waals surface area (Å²) < 4.78 is 1.66. The van der Waals surface area contributed by atoms with Gasteiger partial charge in [-0.25, -0.2) is 4.98 Å². The quantitative estimate of drug-likeness (QED) is 0.749. The molecular formula is C20H25N7O. The van der Waals surface area contributed by atoms with E-state index in [1.165, 1.54) is 0 Å². The SMILES string of the molecule is Cn1cc(-c2cnc3cnc(NC(=O)[C@H]4CC[C@H](N(C)C)CC4)cc3c2)nn1. The molecule has 4 rings (SSSR count). The summed E-state index contributed by atoms with van der Waals surface area (Å²) in [5.74, 6) is 0.671. The molecule has 3 heterocycles. The Balaban J connectivity index is 1.49. The van der Waals surface area contributed by atoms with Gasteiger partial charge in [-0.15, -0.1) is 5.10 Å². The molecule has 0 unspecified atom stereocenters. The van der Waals surface area contributed by atoms with Crippen molar-refractivity contribution < 1.29 is 4.79 Å². The number of amides is 1. The third kappa shape index (κ3) is 3.87. The lowest BCUT2D eigenvalue weighted by molar-refractivity contribution is -0.121. The summed E-state index contributed by atoms with van der Waals surface area (Å²) in [5.41, 5.74) is 2.42. The van der Waals surface area contributed by atoms with Crippen molar-refractivity contribution in [1.82, 2.24) is 29.9 Å². The van der Waals surface area contributed by atoms with E-state index in [0.29, 0.717) is 11.9 Å². The molecule has 3 aromatic heterocycles. The van der Waals surface area contributed by atoms with Gasteiger partial charge < -0.3 is 10.2 Å². The van der Waals surface area contributed by atoms with Crippen molar-refractivity contribution in [3.8, 4) is 11.3 Å². The van der Waals surface area contributed by atoms with Crippen LogP contribution in [0.5, 0.6) is 0 Å². The molecule has 1 amide bonds. The lowest BCUT2D eigenvalue weighted by atomic mass is 9.85. The topological polar surface area (TPSA) is 88.8 Å². The zero-order valence-corrected chi connectivity index (χ0v) is 16.5. The molecule has 28 heavy (non-hydrogen) atoms. The van der Waals surface area contributed by atoms with Crippen molar-refractivity contribution in [3.63, 3.8) is 0 Å². The maximum atomic E-state index is 12.7. The van der Waals surface area contributed by atoms with E-state index in [0.717, 1.165) is 47.8 Å². The predicted octanol–water partition coefficient (Wildman–Crippen LogP) is 2.48.